The molecule has 0 aliphatic rings. The van der Waals surface area contributed by atoms with E-state index in [1.165, 1.54) is 12.1 Å². The van der Waals surface area contributed by atoms with Crippen LogP contribution in [0.2, 0.25) is 0 Å². The van der Waals surface area contributed by atoms with Gasteiger partial charge in [-0.1, -0.05) is 6.92 Å². The highest BCUT2D eigenvalue weighted by Gasteiger charge is 2.18. The van der Waals surface area contributed by atoms with Crippen molar-refractivity contribution in [3.63, 3.8) is 0 Å². The molecular formula is C13H15FN2O3S. The Morgan fingerprint density at radius 2 is 2.20 bits per heavy atom. The molecule has 1 aromatic carbocycles. The average Bonchev–Trinajstić information content (AvgIpc) is 2.46. The van der Waals surface area contributed by atoms with Crippen LogP contribution in [0.3, 0.4) is 0 Å². The minimum absolute atomic E-state index is 0.0170. The van der Waals surface area contributed by atoms with Gasteiger partial charge in [0.2, 0.25) is 0 Å². The van der Waals surface area contributed by atoms with Crippen LogP contribution in [0.25, 0.3) is 0 Å². The van der Waals surface area contributed by atoms with Gasteiger partial charge in [-0.3, -0.25) is 5.41 Å². The number of phenolic OH excluding ortho intramolecular Hbond substituents is 1. The number of halogens is 1. The van der Waals surface area contributed by atoms with E-state index in [0.29, 0.717) is 12.0 Å². The van der Waals surface area contributed by atoms with E-state index in [2.05, 4.69) is 9.73 Å². The van der Waals surface area contributed by atoms with Gasteiger partial charge >= 0.3 is 6.09 Å². The summed E-state index contributed by atoms with van der Waals surface area (Å²) in [6.07, 6.45) is 1.32. The number of benzene rings is 1. The molecule has 0 atom stereocenters. The summed E-state index contributed by atoms with van der Waals surface area (Å²) in [5.74, 6) is -1.43. The van der Waals surface area contributed by atoms with Crippen molar-refractivity contribution in [1.82, 2.24) is 0 Å². The molecule has 0 radical (unpaired) electrons. The molecule has 7 heteroatoms. The van der Waals surface area contributed by atoms with Gasteiger partial charge in [-0.05, 0) is 30.4 Å². The number of carbonyl (C=O) groups is 1. The van der Waals surface area contributed by atoms with Gasteiger partial charge in [0, 0.05) is 5.56 Å². The number of thioether (sulfide) groups is 1. The molecule has 0 heterocycles. The number of aryl methyl sites for hydroxylation is 1. The van der Waals surface area contributed by atoms with E-state index in [1.807, 2.05) is 6.92 Å². The maximum atomic E-state index is 13.9. The molecule has 1 amide bonds. The summed E-state index contributed by atoms with van der Waals surface area (Å²) in [5.41, 5.74) is 0.312. The molecule has 0 spiro atoms. The summed E-state index contributed by atoms with van der Waals surface area (Å²) in [4.78, 5) is 14.7. The number of ether oxygens (including phenoxy) is 1. The van der Waals surface area contributed by atoms with Crippen molar-refractivity contribution in [3.8, 4) is 5.75 Å². The summed E-state index contributed by atoms with van der Waals surface area (Å²) >= 11 is 1.02. The topological polar surface area (TPSA) is 82.7 Å². The molecule has 0 aliphatic carbocycles. The van der Waals surface area contributed by atoms with E-state index in [1.54, 1.807) is 6.26 Å². The number of amides is 1. The fourth-order valence-electron chi connectivity index (χ4n) is 1.50. The molecule has 0 saturated heterocycles. The zero-order chi connectivity index (χ0) is 15.3. The standard InChI is InChI=1S/C13H15FN2O3S/c1-4-7-5-8(10(14)9(17)6-7)11(15)12(20-3)16-13(18)19-2/h5-6,15,17H,4H2,1-3H3/b15-11?,16-12-. The third-order valence-corrected chi connectivity index (χ3v) is 3.25. The third-order valence-electron chi connectivity index (χ3n) is 2.57. The van der Waals surface area contributed by atoms with E-state index in [-0.39, 0.29) is 16.3 Å². The first-order valence-corrected chi connectivity index (χ1v) is 6.98. The normalized spacial score (nSPS) is 11.3. The first-order chi connectivity index (χ1) is 9.44. The summed E-state index contributed by atoms with van der Waals surface area (Å²) in [6.45, 7) is 1.85. The number of aliphatic imine (C=N–C) groups is 1. The van der Waals surface area contributed by atoms with Crippen LogP contribution in [0.1, 0.15) is 18.1 Å². The zero-order valence-corrected chi connectivity index (χ0v) is 12.2. The van der Waals surface area contributed by atoms with Crippen molar-refractivity contribution in [1.29, 1.82) is 5.41 Å². The van der Waals surface area contributed by atoms with Crippen molar-refractivity contribution in [2.24, 2.45) is 4.99 Å². The summed E-state index contributed by atoms with van der Waals surface area (Å²) < 4.78 is 18.3. The zero-order valence-electron chi connectivity index (χ0n) is 11.4. The number of nitrogens with one attached hydrogen (secondary N) is 1. The van der Waals surface area contributed by atoms with Crippen LogP contribution in [-0.2, 0) is 11.2 Å². The lowest BCUT2D eigenvalue weighted by atomic mass is 10.0. The van der Waals surface area contributed by atoms with Gasteiger partial charge in [-0.15, -0.1) is 11.8 Å². The van der Waals surface area contributed by atoms with Gasteiger partial charge in [0.15, 0.2) is 11.6 Å². The van der Waals surface area contributed by atoms with Crippen LogP contribution in [-0.4, -0.2) is 35.3 Å². The summed E-state index contributed by atoms with van der Waals surface area (Å²) in [6, 6.07) is 2.77. The van der Waals surface area contributed by atoms with Crippen LogP contribution >= 0.6 is 11.8 Å². The Bertz CT molecular complexity index is 573. The largest absolute Gasteiger partial charge is 0.505 e. The van der Waals surface area contributed by atoms with E-state index < -0.39 is 17.7 Å². The number of phenols is 1. The van der Waals surface area contributed by atoms with Crippen molar-refractivity contribution in [2.75, 3.05) is 13.4 Å². The molecule has 0 unspecified atom stereocenters. The first kappa shape index (κ1) is 16.2. The molecule has 20 heavy (non-hydrogen) atoms. The van der Waals surface area contributed by atoms with Gasteiger partial charge in [0.25, 0.3) is 0 Å². The van der Waals surface area contributed by atoms with E-state index in [9.17, 15) is 14.3 Å². The Morgan fingerprint density at radius 1 is 1.55 bits per heavy atom. The van der Waals surface area contributed by atoms with Gasteiger partial charge < -0.3 is 9.84 Å². The molecule has 0 fully saturated rings. The van der Waals surface area contributed by atoms with E-state index in [0.717, 1.165) is 18.9 Å². The SMILES string of the molecule is CCc1cc(O)c(F)c(C(=N)/C(=N/C(=O)OC)SC)c1. The lowest BCUT2D eigenvalue weighted by Gasteiger charge is -2.10. The monoisotopic (exact) mass is 298 g/mol. The van der Waals surface area contributed by atoms with Crippen molar-refractivity contribution in [2.45, 2.75) is 13.3 Å². The number of nitrogens with zero attached hydrogens (tertiary/aromatic N) is 1. The number of hydrogen-bond acceptors (Lipinski definition) is 5. The smallest absolute Gasteiger partial charge is 0.434 e. The minimum Gasteiger partial charge on any atom is -0.505 e. The number of methoxy groups -OCH3 is 1. The molecule has 1 rings (SSSR count). The highest BCUT2D eigenvalue weighted by atomic mass is 32.2. The second-order valence-electron chi connectivity index (χ2n) is 3.80. The van der Waals surface area contributed by atoms with Gasteiger partial charge in [-0.2, -0.15) is 4.99 Å². The Hall–Kier alpha value is -1.89. The minimum atomic E-state index is -0.904. The molecule has 108 valence electrons. The Kier molecular flexibility index (Phi) is 5.69. The maximum absolute atomic E-state index is 13.9. The van der Waals surface area contributed by atoms with Crippen LogP contribution in [0.4, 0.5) is 9.18 Å². The molecule has 0 saturated carbocycles. The van der Waals surface area contributed by atoms with Crippen molar-refractivity contribution >= 4 is 28.6 Å². The van der Waals surface area contributed by atoms with Gasteiger partial charge in [0.05, 0.1) is 12.8 Å². The molecule has 0 aliphatic heterocycles. The maximum Gasteiger partial charge on any atom is 0.434 e. The average molecular weight is 298 g/mol. The molecule has 0 bridgehead atoms. The predicted molar refractivity (Wildman–Crippen MR) is 77.6 cm³/mol. The fourth-order valence-corrected chi connectivity index (χ4v) is 1.98. The summed E-state index contributed by atoms with van der Waals surface area (Å²) in [7, 11) is 1.16. The van der Waals surface area contributed by atoms with Crippen LogP contribution < -0.4 is 0 Å². The van der Waals surface area contributed by atoms with Gasteiger partial charge in [0.1, 0.15) is 5.04 Å². The van der Waals surface area contributed by atoms with Crippen LogP contribution in [0.5, 0.6) is 5.75 Å². The lowest BCUT2D eigenvalue weighted by molar-refractivity contribution is 0.183. The number of carbonyl (C=O) groups excluding carboxylic acids is 1. The molecule has 1 aromatic rings. The molecular weight excluding hydrogens is 283 g/mol. The Morgan fingerprint density at radius 3 is 2.70 bits per heavy atom. The van der Waals surface area contributed by atoms with Crippen molar-refractivity contribution < 1.29 is 19.0 Å². The second kappa shape index (κ2) is 7.04. The molecule has 5 nitrogen and oxygen atoms in total. The molecule has 0 aromatic heterocycles. The highest BCUT2D eigenvalue weighted by molar-refractivity contribution is 8.15. The van der Waals surface area contributed by atoms with Crippen LogP contribution in [0, 0.1) is 11.2 Å². The number of hydrogen-bond donors (Lipinski definition) is 2. The number of aromatic hydroxyl groups is 1. The number of rotatable bonds is 3. The Balaban J connectivity index is 3.29. The third kappa shape index (κ3) is 3.57. The summed E-state index contributed by atoms with van der Waals surface area (Å²) in [5, 5.41) is 17.5. The van der Waals surface area contributed by atoms with Crippen LogP contribution in [0.15, 0.2) is 17.1 Å². The second-order valence-corrected chi connectivity index (χ2v) is 4.59. The fraction of sp³-hybridized carbons (Fsp3) is 0.308. The predicted octanol–water partition coefficient (Wildman–Crippen LogP) is 2.99. The highest BCUT2D eigenvalue weighted by Crippen LogP contribution is 2.24. The first-order valence-electron chi connectivity index (χ1n) is 5.75. The van der Waals surface area contributed by atoms with Gasteiger partial charge in [-0.25, -0.2) is 9.18 Å². The Labute approximate surface area is 120 Å². The van der Waals surface area contributed by atoms with E-state index in [4.69, 9.17) is 5.41 Å². The van der Waals surface area contributed by atoms with Crippen molar-refractivity contribution in [3.05, 3.63) is 29.1 Å². The quantitative estimate of drug-likeness (QED) is 0.664. The lowest BCUT2D eigenvalue weighted by Crippen LogP contribution is -2.15. The molecule has 2 N–H and O–H groups in total. The van der Waals surface area contributed by atoms with E-state index >= 15 is 0 Å².